The number of carbonyl (C=O) groups excluding carboxylic acids is 1. The van der Waals surface area contributed by atoms with Crippen LogP contribution in [0.1, 0.15) is 32.0 Å². The van der Waals surface area contributed by atoms with Crippen LogP contribution in [0.3, 0.4) is 0 Å². The van der Waals surface area contributed by atoms with Crippen molar-refractivity contribution in [2.45, 2.75) is 26.3 Å². The molecule has 0 radical (unpaired) electrons. The lowest BCUT2D eigenvalue weighted by Crippen LogP contribution is -2.37. The minimum absolute atomic E-state index is 0.0731. The largest absolute Gasteiger partial charge is 0.374 e. The number of aryl methyl sites for hydroxylation is 1. The van der Waals surface area contributed by atoms with E-state index >= 15 is 0 Å². The summed E-state index contributed by atoms with van der Waals surface area (Å²) in [5.74, 6) is 0.0931. The Labute approximate surface area is 142 Å². The lowest BCUT2D eigenvalue weighted by atomic mass is 9.73. The van der Waals surface area contributed by atoms with Gasteiger partial charge in [0.05, 0.1) is 23.3 Å². The van der Waals surface area contributed by atoms with Crippen LogP contribution in [0.5, 0.6) is 0 Å². The van der Waals surface area contributed by atoms with Crippen LogP contribution in [0.2, 0.25) is 0 Å². The van der Waals surface area contributed by atoms with Gasteiger partial charge in [-0.05, 0) is 29.7 Å². The number of para-hydroxylation sites is 2. The molecule has 0 spiro atoms. The van der Waals surface area contributed by atoms with Crippen molar-refractivity contribution in [3.63, 3.8) is 0 Å². The van der Waals surface area contributed by atoms with E-state index < -0.39 is 0 Å². The SMILES string of the molecule is Cn1cccc1C1Nc2ccccc2NC2=CC(C)(C)CC(=O)C21. The number of Topliss-reactive ketones (excluding diaryl/α,β-unsaturated/α-hetero) is 1. The molecule has 0 saturated heterocycles. The van der Waals surface area contributed by atoms with Gasteiger partial charge >= 0.3 is 0 Å². The topological polar surface area (TPSA) is 46.1 Å². The van der Waals surface area contributed by atoms with Crippen LogP contribution >= 0.6 is 0 Å². The molecule has 2 atom stereocenters. The van der Waals surface area contributed by atoms with Crippen LogP contribution in [0.15, 0.2) is 54.4 Å². The molecule has 0 amide bonds. The number of allylic oxidation sites excluding steroid dienone is 1. The highest BCUT2D eigenvalue weighted by Gasteiger charge is 2.42. The van der Waals surface area contributed by atoms with Crippen molar-refractivity contribution in [1.82, 2.24) is 4.57 Å². The zero-order valence-corrected chi connectivity index (χ0v) is 14.3. The first-order chi connectivity index (χ1) is 11.4. The van der Waals surface area contributed by atoms with Crippen LogP contribution in [0, 0.1) is 11.3 Å². The highest BCUT2D eigenvalue weighted by Crippen LogP contribution is 2.45. The van der Waals surface area contributed by atoms with Crippen LogP contribution in [-0.2, 0) is 11.8 Å². The Bertz CT molecular complexity index is 831. The number of anilines is 2. The van der Waals surface area contributed by atoms with Gasteiger partial charge in [-0.1, -0.05) is 32.1 Å². The van der Waals surface area contributed by atoms with Gasteiger partial charge < -0.3 is 15.2 Å². The Kier molecular flexibility index (Phi) is 3.30. The summed E-state index contributed by atoms with van der Waals surface area (Å²) in [6.45, 7) is 4.25. The number of nitrogens with one attached hydrogen (secondary N) is 2. The van der Waals surface area contributed by atoms with E-state index in [1.54, 1.807) is 0 Å². The van der Waals surface area contributed by atoms with Crippen LogP contribution in [0.25, 0.3) is 0 Å². The van der Waals surface area contributed by atoms with Gasteiger partial charge in [0.25, 0.3) is 0 Å². The van der Waals surface area contributed by atoms with Crippen LogP contribution in [0.4, 0.5) is 11.4 Å². The zero-order valence-electron chi connectivity index (χ0n) is 14.3. The molecule has 4 heteroatoms. The van der Waals surface area contributed by atoms with Gasteiger partial charge in [-0.3, -0.25) is 4.79 Å². The van der Waals surface area contributed by atoms with Crippen molar-refractivity contribution in [1.29, 1.82) is 0 Å². The molecule has 2 aromatic rings. The maximum absolute atomic E-state index is 13.0. The smallest absolute Gasteiger partial charge is 0.145 e. The number of rotatable bonds is 1. The van der Waals surface area contributed by atoms with Gasteiger partial charge in [-0.25, -0.2) is 0 Å². The van der Waals surface area contributed by atoms with Gasteiger partial charge in [0.1, 0.15) is 5.78 Å². The minimum atomic E-state index is -0.195. The number of nitrogens with zero attached hydrogens (tertiary/aromatic N) is 1. The fourth-order valence-corrected chi connectivity index (χ4v) is 3.94. The Morgan fingerprint density at radius 3 is 2.58 bits per heavy atom. The molecule has 1 aromatic carbocycles. The molecule has 2 heterocycles. The molecule has 1 aliphatic carbocycles. The van der Waals surface area contributed by atoms with E-state index in [2.05, 4.69) is 53.3 Å². The summed E-state index contributed by atoms with van der Waals surface area (Å²) in [7, 11) is 2.03. The number of hydrogen-bond donors (Lipinski definition) is 2. The predicted molar refractivity (Wildman–Crippen MR) is 96.8 cm³/mol. The number of aromatic nitrogens is 1. The Morgan fingerprint density at radius 1 is 1.12 bits per heavy atom. The second-order valence-corrected chi connectivity index (χ2v) is 7.55. The van der Waals surface area contributed by atoms with Gasteiger partial charge in [-0.15, -0.1) is 0 Å². The lowest BCUT2D eigenvalue weighted by Gasteiger charge is -2.35. The Morgan fingerprint density at radius 2 is 1.88 bits per heavy atom. The number of fused-ring (bicyclic) bond motifs is 2. The summed E-state index contributed by atoms with van der Waals surface area (Å²) in [5, 5.41) is 7.14. The van der Waals surface area contributed by atoms with Gasteiger partial charge in [-0.2, -0.15) is 0 Å². The van der Waals surface area contributed by atoms with E-state index in [0.29, 0.717) is 6.42 Å². The van der Waals surface area contributed by atoms with Crippen molar-refractivity contribution >= 4 is 17.2 Å². The molecule has 4 rings (SSSR count). The number of carbonyl (C=O) groups is 1. The van der Waals surface area contributed by atoms with Crippen molar-refractivity contribution < 1.29 is 4.79 Å². The monoisotopic (exact) mass is 321 g/mol. The molecule has 1 aromatic heterocycles. The molecular weight excluding hydrogens is 298 g/mol. The second kappa shape index (κ2) is 5.26. The van der Waals surface area contributed by atoms with E-state index in [4.69, 9.17) is 0 Å². The Hall–Kier alpha value is -2.49. The fourth-order valence-electron chi connectivity index (χ4n) is 3.94. The third-order valence-corrected chi connectivity index (χ3v) is 5.01. The summed E-state index contributed by atoms with van der Waals surface area (Å²) in [5.41, 5.74) is 4.08. The highest BCUT2D eigenvalue weighted by molar-refractivity contribution is 5.90. The molecule has 24 heavy (non-hydrogen) atoms. The number of hydrogen-bond acceptors (Lipinski definition) is 3. The normalized spacial score (nSPS) is 24.8. The summed E-state index contributed by atoms with van der Waals surface area (Å²) >= 11 is 0. The first-order valence-electron chi connectivity index (χ1n) is 8.44. The summed E-state index contributed by atoms with van der Waals surface area (Å²) in [6.07, 6.45) is 4.84. The predicted octanol–water partition coefficient (Wildman–Crippen LogP) is 4.10. The van der Waals surface area contributed by atoms with Crippen molar-refractivity contribution in [3.05, 3.63) is 60.1 Å². The second-order valence-electron chi connectivity index (χ2n) is 7.55. The molecule has 4 nitrogen and oxygen atoms in total. The molecular formula is C20H23N3O. The third kappa shape index (κ3) is 2.42. The molecule has 1 aliphatic heterocycles. The van der Waals surface area contributed by atoms with E-state index in [1.807, 2.05) is 31.4 Å². The van der Waals surface area contributed by atoms with E-state index in [9.17, 15) is 4.79 Å². The van der Waals surface area contributed by atoms with Crippen molar-refractivity contribution in [2.75, 3.05) is 10.6 Å². The number of ketones is 1. The van der Waals surface area contributed by atoms with Crippen molar-refractivity contribution in [3.8, 4) is 0 Å². The maximum atomic E-state index is 13.0. The molecule has 2 unspecified atom stereocenters. The summed E-state index contributed by atoms with van der Waals surface area (Å²) in [4.78, 5) is 13.0. The molecule has 0 saturated carbocycles. The average molecular weight is 321 g/mol. The van der Waals surface area contributed by atoms with Gasteiger partial charge in [0.2, 0.25) is 0 Å². The molecule has 2 N–H and O–H groups in total. The first-order valence-corrected chi connectivity index (χ1v) is 8.44. The van der Waals surface area contributed by atoms with Crippen LogP contribution < -0.4 is 10.6 Å². The quantitative estimate of drug-likeness (QED) is 0.831. The molecule has 2 aliphatic rings. The summed E-state index contributed by atoms with van der Waals surface area (Å²) in [6, 6.07) is 12.2. The van der Waals surface area contributed by atoms with E-state index in [0.717, 1.165) is 22.8 Å². The third-order valence-electron chi connectivity index (χ3n) is 5.01. The molecule has 124 valence electrons. The Balaban J connectivity index is 1.90. The lowest BCUT2D eigenvalue weighted by molar-refractivity contribution is -0.124. The van der Waals surface area contributed by atoms with E-state index in [1.165, 1.54) is 0 Å². The van der Waals surface area contributed by atoms with Gasteiger partial charge in [0.15, 0.2) is 0 Å². The van der Waals surface area contributed by atoms with Crippen LogP contribution in [-0.4, -0.2) is 10.4 Å². The maximum Gasteiger partial charge on any atom is 0.145 e. The molecule has 0 fully saturated rings. The summed E-state index contributed by atoms with van der Waals surface area (Å²) < 4.78 is 2.09. The standard InChI is InChI=1S/C20H23N3O/c1-20(2)11-15-18(17(24)12-20)19(16-9-6-10-23(16)3)22-14-8-5-4-7-13(14)21-15/h4-11,18-19,21-22H,12H2,1-3H3. The average Bonchev–Trinajstić information content (AvgIpc) is 2.85. The number of benzene rings is 1. The first kappa shape index (κ1) is 15.1. The van der Waals surface area contributed by atoms with E-state index in [-0.39, 0.29) is 23.2 Å². The molecule has 0 bridgehead atoms. The highest BCUT2D eigenvalue weighted by atomic mass is 16.1. The zero-order chi connectivity index (χ0) is 16.9. The van der Waals surface area contributed by atoms with Crippen molar-refractivity contribution in [2.24, 2.45) is 18.4 Å². The fraction of sp³-hybridized carbons (Fsp3) is 0.350. The minimum Gasteiger partial charge on any atom is -0.374 e. The van der Waals surface area contributed by atoms with Gasteiger partial charge in [0, 0.05) is 31.1 Å².